The predicted molar refractivity (Wildman–Crippen MR) is 68.5 cm³/mol. The summed E-state index contributed by atoms with van der Waals surface area (Å²) in [5.74, 6) is -0.206. The molecule has 2 nitrogen and oxygen atoms in total. The summed E-state index contributed by atoms with van der Waals surface area (Å²) < 4.78 is 14.3. The van der Waals surface area contributed by atoms with Gasteiger partial charge in [-0.15, -0.1) is 0 Å². The maximum atomic E-state index is 13.5. The van der Waals surface area contributed by atoms with Crippen molar-refractivity contribution >= 4 is 21.7 Å². The molecular weight excluding hydrogens is 285 g/mol. The molecule has 0 aliphatic carbocycles. The van der Waals surface area contributed by atoms with Crippen molar-refractivity contribution in [1.82, 2.24) is 5.32 Å². The number of carbonyl (C=O) groups is 1. The largest absolute Gasteiger partial charge is 0.314 e. The van der Waals surface area contributed by atoms with Crippen molar-refractivity contribution in [2.75, 3.05) is 6.54 Å². The third-order valence-corrected chi connectivity index (χ3v) is 3.53. The van der Waals surface area contributed by atoms with E-state index in [1.54, 1.807) is 12.1 Å². The minimum absolute atomic E-state index is 0.0985. The molecule has 1 unspecified atom stereocenters. The van der Waals surface area contributed by atoms with Crippen LogP contribution in [0.1, 0.15) is 24.8 Å². The maximum Gasteiger partial charge on any atom is 0.138 e. The van der Waals surface area contributed by atoms with Gasteiger partial charge in [-0.25, -0.2) is 4.39 Å². The lowest BCUT2D eigenvalue weighted by Crippen LogP contribution is -2.25. The zero-order valence-corrected chi connectivity index (χ0v) is 11.1. The van der Waals surface area contributed by atoms with Gasteiger partial charge in [0.1, 0.15) is 11.6 Å². The van der Waals surface area contributed by atoms with Gasteiger partial charge in [0.15, 0.2) is 0 Å². The number of hydrogen-bond donors (Lipinski definition) is 1. The van der Waals surface area contributed by atoms with E-state index in [1.807, 2.05) is 0 Å². The van der Waals surface area contributed by atoms with Crippen molar-refractivity contribution < 1.29 is 9.18 Å². The van der Waals surface area contributed by atoms with Crippen molar-refractivity contribution in [2.45, 2.75) is 31.7 Å². The topological polar surface area (TPSA) is 29.1 Å². The number of benzene rings is 1. The second-order valence-electron chi connectivity index (χ2n) is 4.45. The number of carbonyl (C=O) groups excluding carboxylic acids is 1. The van der Waals surface area contributed by atoms with E-state index in [9.17, 15) is 9.18 Å². The average Bonchev–Trinajstić information content (AvgIpc) is 2.76. The van der Waals surface area contributed by atoms with E-state index in [-0.39, 0.29) is 24.1 Å². The van der Waals surface area contributed by atoms with Gasteiger partial charge in [-0.2, -0.15) is 0 Å². The minimum atomic E-state index is -0.305. The molecule has 92 valence electrons. The molecule has 0 spiro atoms. The van der Waals surface area contributed by atoms with Crippen molar-refractivity contribution in [1.29, 1.82) is 0 Å². The summed E-state index contributed by atoms with van der Waals surface area (Å²) in [4.78, 5) is 11.8. The van der Waals surface area contributed by atoms with Gasteiger partial charge >= 0.3 is 0 Å². The van der Waals surface area contributed by atoms with E-state index in [1.165, 1.54) is 6.07 Å². The van der Waals surface area contributed by atoms with E-state index in [0.717, 1.165) is 23.9 Å². The van der Waals surface area contributed by atoms with Crippen LogP contribution in [0.15, 0.2) is 22.7 Å². The molecule has 0 amide bonds. The molecule has 2 rings (SSSR count). The molecule has 1 fully saturated rings. The number of halogens is 2. The van der Waals surface area contributed by atoms with E-state index < -0.39 is 0 Å². The fourth-order valence-corrected chi connectivity index (χ4v) is 2.58. The summed E-state index contributed by atoms with van der Waals surface area (Å²) in [6.07, 6.45) is 2.87. The summed E-state index contributed by atoms with van der Waals surface area (Å²) in [5, 5.41) is 3.28. The van der Waals surface area contributed by atoms with Gasteiger partial charge in [0.2, 0.25) is 0 Å². The van der Waals surface area contributed by atoms with Crippen molar-refractivity contribution in [3.05, 3.63) is 34.1 Å². The Bertz CT molecular complexity index is 416. The lowest BCUT2D eigenvalue weighted by atomic mass is 10.0. The van der Waals surface area contributed by atoms with Crippen LogP contribution in [0.2, 0.25) is 0 Å². The lowest BCUT2D eigenvalue weighted by molar-refractivity contribution is -0.118. The Morgan fingerprint density at radius 3 is 3.06 bits per heavy atom. The molecule has 0 bridgehead atoms. The van der Waals surface area contributed by atoms with Gasteiger partial charge in [-0.05, 0) is 43.1 Å². The SMILES string of the molecule is O=C(Cc1cc(Br)ccc1F)CC1CCCN1. The number of hydrogen-bond acceptors (Lipinski definition) is 2. The van der Waals surface area contributed by atoms with E-state index in [2.05, 4.69) is 21.2 Å². The second kappa shape index (κ2) is 5.74. The summed E-state index contributed by atoms with van der Waals surface area (Å²) in [6, 6.07) is 5.00. The highest BCUT2D eigenvalue weighted by molar-refractivity contribution is 9.10. The maximum absolute atomic E-state index is 13.5. The fraction of sp³-hybridized carbons (Fsp3) is 0.462. The molecule has 0 radical (unpaired) electrons. The van der Waals surface area contributed by atoms with Gasteiger partial charge < -0.3 is 5.32 Å². The average molecular weight is 300 g/mol. The number of nitrogens with one attached hydrogen (secondary N) is 1. The Morgan fingerprint density at radius 1 is 1.53 bits per heavy atom. The van der Waals surface area contributed by atoms with Crippen LogP contribution in [0, 0.1) is 5.82 Å². The highest BCUT2D eigenvalue weighted by Gasteiger charge is 2.18. The zero-order chi connectivity index (χ0) is 12.3. The van der Waals surface area contributed by atoms with Crippen molar-refractivity contribution in [2.24, 2.45) is 0 Å². The van der Waals surface area contributed by atoms with Crippen LogP contribution in [-0.2, 0) is 11.2 Å². The molecule has 0 saturated carbocycles. The predicted octanol–water partition coefficient (Wildman–Crippen LogP) is 2.84. The quantitative estimate of drug-likeness (QED) is 0.926. The van der Waals surface area contributed by atoms with Gasteiger partial charge in [0.05, 0.1) is 0 Å². The summed E-state index contributed by atoms with van der Waals surface area (Å²) in [5.41, 5.74) is 0.474. The van der Waals surface area contributed by atoms with Crippen LogP contribution < -0.4 is 5.32 Å². The third kappa shape index (κ3) is 3.61. The normalized spacial score (nSPS) is 19.5. The van der Waals surface area contributed by atoms with E-state index >= 15 is 0 Å². The second-order valence-corrected chi connectivity index (χ2v) is 5.36. The smallest absolute Gasteiger partial charge is 0.138 e. The number of rotatable bonds is 4. The van der Waals surface area contributed by atoms with Gasteiger partial charge in [-0.3, -0.25) is 4.79 Å². The molecule has 1 aliphatic rings. The number of Topliss-reactive ketones (excluding diaryl/α,β-unsaturated/α-hetero) is 1. The van der Waals surface area contributed by atoms with E-state index in [0.29, 0.717) is 12.0 Å². The first-order chi connectivity index (χ1) is 8.15. The summed E-state index contributed by atoms with van der Waals surface area (Å²) >= 11 is 3.28. The first-order valence-electron chi connectivity index (χ1n) is 5.84. The van der Waals surface area contributed by atoms with Crippen LogP contribution in [0.25, 0.3) is 0 Å². The minimum Gasteiger partial charge on any atom is -0.314 e. The Labute approximate surface area is 109 Å². The first-order valence-corrected chi connectivity index (χ1v) is 6.63. The molecule has 1 N–H and O–H groups in total. The molecule has 1 aromatic carbocycles. The Balaban J connectivity index is 1.95. The zero-order valence-electron chi connectivity index (χ0n) is 9.51. The van der Waals surface area contributed by atoms with Gasteiger partial charge in [0.25, 0.3) is 0 Å². The molecular formula is C13H15BrFNO. The van der Waals surface area contributed by atoms with Gasteiger partial charge in [0, 0.05) is 23.4 Å². The first kappa shape index (κ1) is 12.7. The summed E-state index contributed by atoms with van der Waals surface area (Å²) in [6.45, 7) is 0.989. The van der Waals surface area contributed by atoms with Crippen LogP contribution in [0.5, 0.6) is 0 Å². The molecule has 1 atom stereocenters. The highest BCUT2D eigenvalue weighted by Crippen LogP contribution is 2.17. The molecule has 4 heteroatoms. The molecule has 17 heavy (non-hydrogen) atoms. The monoisotopic (exact) mass is 299 g/mol. The summed E-state index contributed by atoms with van der Waals surface area (Å²) in [7, 11) is 0. The standard InChI is InChI=1S/C13H15BrFNO/c14-10-3-4-13(15)9(6-10)7-12(17)8-11-2-1-5-16-11/h3-4,6,11,16H,1-2,5,7-8H2. The van der Waals surface area contributed by atoms with Crippen LogP contribution in [0.3, 0.4) is 0 Å². The van der Waals surface area contributed by atoms with Crippen molar-refractivity contribution in [3.8, 4) is 0 Å². The van der Waals surface area contributed by atoms with Crippen LogP contribution in [0.4, 0.5) is 4.39 Å². The Morgan fingerprint density at radius 2 is 2.35 bits per heavy atom. The number of ketones is 1. The van der Waals surface area contributed by atoms with Crippen LogP contribution in [-0.4, -0.2) is 18.4 Å². The Kier molecular flexibility index (Phi) is 4.29. The fourth-order valence-electron chi connectivity index (χ4n) is 2.17. The van der Waals surface area contributed by atoms with Gasteiger partial charge in [-0.1, -0.05) is 15.9 Å². The highest BCUT2D eigenvalue weighted by atomic mass is 79.9. The van der Waals surface area contributed by atoms with Crippen molar-refractivity contribution in [3.63, 3.8) is 0 Å². The lowest BCUT2D eigenvalue weighted by Gasteiger charge is -2.09. The molecule has 1 heterocycles. The molecule has 1 saturated heterocycles. The third-order valence-electron chi connectivity index (χ3n) is 3.03. The molecule has 1 aliphatic heterocycles. The molecule has 0 aromatic heterocycles. The molecule has 1 aromatic rings. The van der Waals surface area contributed by atoms with Crippen LogP contribution >= 0.6 is 15.9 Å². The Hall–Kier alpha value is -0.740. The van der Waals surface area contributed by atoms with E-state index in [4.69, 9.17) is 0 Å².